The maximum Gasteiger partial charge on any atom is 0.254 e. The molecule has 74 valence electrons. The van der Waals surface area contributed by atoms with Gasteiger partial charge in [0, 0.05) is 18.7 Å². The van der Waals surface area contributed by atoms with Crippen LogP contribution in [0.15, 0.2) is 18.2 Å². The van der Waals surface area contributed by atoms with Crippen LogP contribution in [0, 0.1) is 0 Å². The minimum atomic E-state index is 0.112. The van der Waals surface area contributed by atoms with Gasteiger partial charge < -0.3 is 9.64 Å². The Kier molecular flexibility index (Phi) is 2.15. The number of rotatable bonds is 2. The smallest absolute Gasteiger partial charge is 0.254 e. The predicted molar refractivity (Wildman–Crippen MR) is 53.4 cm³/mol. The molecule has 0 aliphatic carbocycles. The fraction of sp³-hybridized carbons (Fsp3) is 0.364. The van der Waals surface area contributed by atoms with Gasteiger partial charge in [0.05, 0.1) is 7.11 Å². The Morgan fingerprint density at radius 2 is 2.29 bits per heavy atom. The second kappa shape index (κ2) is 3.33. The third kappa shape index (κ3) is 1.25. The van der Waals surface area contributed by atoms with Gasteiger partial charge in [0.25, 0.3) is 5.91 Å². The van der Waals surface area contributed by atoms with Gasteiger partial charge in [-0.3, -0.25) is 4.79 Å². The molecule has 3 heteroatoms. The molecule has 0 bridgehead atoms. The number of benzene rings is 1. The molecule has 1 amide bonds. The molecule has 1 aliphatic heterocycles. The van der Waals surface area contributed by atoms with Gasteiger partial charge in [-0.25, -0.2) is 0 Å². The Morgan fingerprint density at radius 1 is 1.50 bits per heavy atom. The molecular weight excluding hydrogens is 178 g/mol. The molecule has 0 radical (unpaired) electrons. The van der Waals surface area contributed by atoms with Crippen LogP contribution in [-0.4, -0.2) is 24.5 Å². The van der Waals surface area contributed by atoms with Gasteiger partial charge in [-0.15, -0.1) is 0 Å². The monoisotopic (exact) mass is 191 g/mol. The number of amides is 1. The van der Waals surface area contributed by atoms with Crippen molar-refractivity contribution in [1.29, 1.82) is 0 Å². The van der Waals surface area contributed by atoms with E-state index in [4.69, 9.17) is 4.74 Å². The summed E-state index contributed by atoms with van der Waals surface area (Å²) in [6.07, 6.45) is 0. The Bertz CT molecular complexity index is 374. The van der Waals surface area contributed by atoms with E-state index >= 15 is 0 Å². The number of ether oxygens (including phenoxy) is 1. The largest absolute Gasteiger partial charge is 0.497 e. The van der Waals surface area contributed by atoms with Gasteiger partial charge in [-0.05, 0) is 24.6 Å². The molecule has 3 nitrogen and oxygen atoms in total. The predicted octanol–water partition coefficient (Wildman–Crippen LogP) is 1.67. The Balaban J connectivity index is 2.40. The average molecular weight is 191 g/mol. The minimum absolute atomic E-state index is 0.112. The maximum atomic E-state index is 11.8. The Morgan fingerprint density at radius 3 is 2.93 bits per heavy atom. The van der Waals surface area contributed by atoms with Gasteiger partial charge in [-0.1, -0.05) is 6.07 Å². The number of methoxy groups -OCH3 is 1. The highest BCUT2D eigenvalue weighted by molar-refractivity contribution is 5.98. The lowest BCUT2D eigenvalue weighted by Gasteiger charge is -2.10. The van der Waals surface area contributed by atoms with Crippen molar-refractivity contribution in [3.63, 3.8) is 0 Å². The topological polar surface area (TPSA) is 29.5 Å². The van der Waals surface area contributed by atoms with E-state index in [1.165, 1.54) is 0 Å². The number of carbonyl (C=O) groups is 1. The highest BCUT2D eigenvalue weighted by atomic mass is 16.5. The zero-order valence-electron chi connectivity index (χ0n) is 8.41. The number of fused-ring (bicyclic) bond motifs is 1. The standard InChI is InChI=1S/C11H13NO2/c1-3-12-7-8-4-5-9(14-2)6-10(8)11(12)13/h4-6H,3,7H2,1-2H3. The molecule has 0 spiro atoms. The van der Waals surface area contributed by atoms with Gasteiger partial charge in [0.1, 0.15) is 5.75 Å². The van der Waals surface area contributed by atoms with Gasteiger partial charge in [0.2, 0.25) is 0 Å². The number of hydrogen-bond acceptors (Lipinski definition) is 2. The van der Waals surface area contributed by atoms with Crippen molar-refractivity contribution in [3.05, 3.63) is 29.3 Å². The van der Waals surface area contributed by atoms with Crippen molar-refractivity contribution in [2.24, 2.45) is 0 Å². The summed E-state index contributed by atoms with van der Waals surface area (Å²) in [5.41, 5.74) is 1.88. The molecular formula is C11H13NO2. The molecule has 0 fully saturated rings. The average Bonchev–Trinajstić information content (AvgIpc) is 2.55. The molecule has 1 aromatic rings. The van der Waals surface area contributed by atoms with E-state index in [0.29, 0.717) is 0 Å². The van der Waals surface area contributed by atoms with Gasteiger partial charge in [-0.2, -0.15) is 0 Å². The quantitative estimate of drug-likeness (QED) is 0.711. The second-order valence-corrected chi connectivity index (χ2v) is 3.34. The Hall–Kier alpha value is -1.51. The molecule has 0 N–H and O–H groups in total. The first-order chi connectivity index (χ1) is 6.76. The van der Waals surface area contributed by atoms with Crippen LogP contribution >= 0.6 is 0 Å². The lowest BCUT2D eigenvalue weighted by molar-refractivity contribution is 0.0787. The van der Waals surface area contributed by atoms with Crippen LogP contribution < -0.4 is 4.74 Å². The van der Waals surface area contributed by atoms with E-state index < -0.39 is 0 Å². The minimum Gasteiger partial charge on any atom is -0.497 e. The number of hydrogen-bond donors (Lipinski definition) is 0. The van der Waals surface area contributed by atoms with Crippen molar-refractivity contribution in [1.82, 2.24) is 4.90 Å². The molecule has 1 heterocycles. The summed E-state index contributed by atoms with van der Waals surface area (Å²) in [7, 11) is 1.61. The number of nitrogens with zero attached hydrogens (tertiary/aromatic N) is 1. The molecule has 0 aromatic heterocycles. The summed E-state index contributed by atoms with van der Waals surface area (Å²) >= 11 is 0. The highest BCUT2D eigenvalue weighted by Gasteiger charge is 2.26. The SMILES string of the molecule is CCN1Cc2ccc(OC)cc2C1=O. The van der Waals surface area contributed by atoms with E-state index in [9.17, 15) is 4.79 Å². The van der Waals surface area contributed by atoms with Crippen LogP contribution in [0.25, 0.3) is 0 Å². The van der Waals surface area contributed by atoms with Crippen LogP contribution in [0.3, 0.4) is 0 Å². The van der Waals surface area contributed by atoms with Crippen molar-refractivity contribution in [2.75, 3.05) is 13.7 Å². The first-order valence-electron chi connectivity index (χ1n) is 4.72. The van der Waals surface area contributed by atoms with Crippen molar-refractivity contribution in [3.8, 4) is 5.75 Å². The van der Waals surface area contributed by atoms with Crippen LogP contribution in [0.2, 0.25) is 0 Å². The first kappa shape index (κ1) is 9.06. The third-order valence-electron chi connectivity index (χ3n) is 2.58. The molecule has 2 rings (SSSR count). The molecule has 0 saturated heterocycles. The molecule has 0 atom stereocenters. The zero-order valence-corrected chi connectivity index (χ0v) is 8.41. The van der Waals surface area contributed by atoms with Gasteiger partial charge in [0.15, 0.2) is 0 Å². The molecule has 1 aliphatic rings. The van der Waals surface area contributed by atoms with Crippen LogP contribution in [-0.2, 0) is 6.54 Å². The summed E-state index contributed by atoms with van der Waals surface area (Å²) in [6, 6.07) is 5.67. The summed E-state index contributed by atoms with van der Waals surface area (Å²) in [5, 5.41) is 0. The second-order valence-electron chi connectivity index (χ2n) is 3.34. The highest BCUT2D eigenvalue weighted by Crippen LogP contribution is 2.26. The summed E-state index contributed by atoms with van der Waals surface area (Å²) in [6.45, 7) is 3.48. The van der Waals surface area contributed by atoms with E-state index in [2.05, 4.69) is 0 Å². The van der Waals surface area contributed by atoms with Crippen molar-refractivity contribution < 1.29 is 9.53 Å². The number of carbonyl (C=O) groups excluding carboxylic acids is 1. The van der Waals surface area contributed by atoms with Crippen molar-refractivity contribution >= 4 is 5.91 Å². The van der Waals surface area contributed by atoms with Crippen LogP contribution in [0.5, 0.6) is 5.75 Å². The third-order valence-corrected chi connectivity index (χ3v) is 2.58. The normalized spacial score (nSPS) is 14.4. The van der Waals surface area contributed by atoms with Crippen molar-refractivity contribution in [2.45, 2.75) is 13.5 Å². The first-order valence-corrected chi connectivity index (χ1v) is 4.72. The lowest BCUT2D eigenvalue weighted by atomic mass is 10.1. The summed E-state index contributed by atoms with van der Waals surface area (Å²) < 4.78 is 5.09. The molecule has 1 aromatic carbocycles. The van der Waals surface area contributed by atoms with Crippen LogP contribution in [0.1, 0.15) is 22.8 Å². The van der Waals surface area contributed by atoms with Gasteiger partial charge >= 0.3 is 0 Å². The van der Waals surface area contributed by atoms with E-state index in [-0.39, 0.29) is 5.91 Å². The molecule has 0 saturated carbocycles. The summed E-state index contributed by atoms with van der Waals surface area (Å²) in [4.78, 5) is 13.6. The molecule has 14 heavy (non-hydrogen) atoms. The van der Waals surface area contributed by atoms with E-state index in [0.717, 1.165) is 30.0 Å². The fourth-order valence-electron chi connectivity index (χ4n) is 1.72. The lowest BCUT2D eigenvalue weighted by Crippen LogP contribution is -2.22. The van der Waals surface area contributed by atoms with E-state index in [1.807, 2.05) is 30.0 Å². The fourth-order valence-corrected chi connectivity index (χ4v) is 1.72. The molecule has 0 unspecified atom stereocenters. The maximum absolute atomic E-state index is 11.8. The van der Waals surface area contributed by atoms with Crippen LogP contribution in [0.4, 0.5) is 0 Å². The Labute approximate surface area is 83.3 Å². The van der Waals surface area contributed by atoms with E-state index in [1.54, 1.807) is 7.11 Å². The summed E-state index contributed by atoms with van der Waals surface area (Å²) in [5.74, 6) is 0.858. The zero-order chi connectivity index (χ0) is 10.1.